The third-order valence-corrected chi connectivity index (χ3v) is 4.08. The molecule has 3 aromatic rings. The van der Waals surface area contributed by atoms with Gasteiger partial charge in [0.2, 0.25) is 0 Å². The molecule has 3 rings (SSSR count). The lowest BCUT2D eigenvalue weighted by atomic mass is 10.2. The number of carbonyl (C=O) groups is 1. The van der Waals surface area contributed by atoms with Crippen molar-refractivity contribution < 1.29 is 13.9 Å². The van der Waals surface area contributed by atoms with Crippen molar-refractivity contribution in [2.24, 2.45) is 0 Å². The average molecular weight is 322 g/mol. The van der Waals surface area contributed by atoms with E-state index in [0.29, 0.717) is 15.5 Å². The molecule has 3 nitrogen and oxygen atoms in total. The fourth-order valence-electron chi connectivity index (χ4n) is 1.96. The summed E-state index contributed by atoms with van der Waals surface area (Å²) in [5.74, 6) is -0.836. The number of benzene rings is 2. The summed E-state index contributed by atoms with van der Waals surface area (Å²) in [4.78, 5) is 15.5. The Morgan fingerprint density at radius 3 is 2.90 bits per heavy atom. The highest BCUT2D eigenvalue weighted by atomic mass is 35.5. The monoisotopic (exact) mass is 321 g/mol. The molecule has 21 heavy (non-hydrogen) atoms. The number of hydrogen-bond donors (Lipinski definition) is 0. The number of halogens is 2. The topological polar surface area (TPSA) is 39.2 Å². The van der Waals surface area contributed by atoms with Crippen LogP contribution in [0.1, 0.15) is 6.92 Å². The zero-order valence-corrected chi connectivity index (χ0v) is 12.5. The molecule has 0 saturated heterocycles. The highest BCUT2D eigenvalue weighted by Gasteiger charge is 2.17. The van der Waals surface area contributed by atoms with Gasteiger partial charge in [0, 0.05) is 11.9 Å². The van der Waals surface area contributed by atoms with E-state index in [1.807, 2.05) is 6.07 Å². The lowest BCUT2D eigenvalue weighted by Gasteiger charge is -2.07. The summed E-state index contributed by atoms with van der Waals surface area (Å²) in [5, 5.41) is 1.01. The molecule has 0 amide bonds. The van der Waals surface area contributed by atoms with Crippen molar-refractivity contribution >= 4 is 39.1 Å². The molecule has 1 heterocycles. The number of nitrogens with zero attached hydrogens (tertiary/aromatic N) is 1. The van der Waals surface area contributed by atoms with Crippen LogP contribution in [0.5, 0.6) is 5.75 Å². The van der Waals surface area contributed by atoms with Gasteiger partial charge in [0.05, 0.1) is 15.8 Å². The predicted molar refractivity (Wildman–Crippen MR) is 81.3 cm³/mol. The third kappa shape index (κ3) is 2.75. The average Bonchev–Trinajstić information content (AvgIpc) is 2.80. The van der Waals surface area contributed by atoms with Crippen LogP contribution in [0.15, 0.2) is 36.4 Å². The molecule has 0 atom stereocenters. The smallest absolute Gasteiger partial charge is 0.308 e. The van der Waals surface area contributed by atoms with Crippen molar-refractivity contribution in [3.05, 3.63) is 47.2 Å². The van der Waals surface area contributed by atoms with Crippen LogP contribution in [0.3, 0.4) is 0 Å². The Kier molecular flexibility index (Phi) is 3.61. The van der Waals surface area contributed by atoms with E-state index in [9.17, 15) is 9.18 Å². The number of thiazole rings is 1. The summed E-state index contributed by atoms with van der Waals surface area (Å²) in [7, 11) is 0. The molecular weight excluding hydrogens is 313 g/mol. The molecule has 0 radical (unpaired) electrons. The number of carbonyl (C=O) groups excluding carboxylic acids is 1. The highest BCUT2D eigenvalue weighted by Crippen LogP contribution is 2.38. The number of rotatable bonds is 2. The van der Waals surface area contributed by atoms with Crippen molar-refractivity contribution in [1.82, 2.24) is 4.98 Å². The van der Waals surface area contributed by atoms with Gasteiger partial charge in [-0.15, -0.1) is 11.3 Å². The standard InChI is InChI=1S/C15H9ClFNO2S/c1-8(19)20-12-4-2-3-10(17)14(12)15-18-11-7-9(16)5-6-13(11)21-15/h2-7H,1H3. The van der Waals surface area contributed by atoms with Crippen molar-refractivity contribution in [1.29, 1.82) is 0 Å². The van der Waals surface area contributed by atoms with E-state index in [-0.39, 0.29) is 11.3 Å². The molecule has 0 unspecified atom stereocenters. The van der Waals surface area contributed by atoms with Crippen molar-refractivity contribution in [2.75, 3.05) is 0 Å². The Bertz CT molecular complexity index is 847. The zero-order valence-electron chi connectivity index (χ0n) is 10.9. The molecule has 0 aliphatic heterocycles. The van der Waals surface area contributed by atoms with Crippen LogP contribution in [0, 0.1) is 5.82 Å². The van der Waals surface area contributed by atoms with Gasteiger partial charge in [-0.1, -0.05) is 17.7 Å². The second-order valence-electron chi connectivity index (χ2n) is 4.34. The van der Waals surface area contributed by atoms with Gasteiger partial charge in [0.1, 0.15) is 16.6 Å². The van der Waals surface area contributed by atoms with E-state index in [2.05, 4.69) is 4.98 Å². The molecule has 0 spiro atoms. The minimum absolute atomic E-state index is 0.160. The predicted octanol–water partition coefficient (Wildman–Crippen LogP) is 4.68. The first kappa shape index (κ1) is 14.0. The summed E-state index contributed by atoms with van der Waals surface area (Å²) < 4.78 is 20.1. The third-order valence-electron chi connectivity index (χ3n) is 2.79. The van der Waals surface area contributed by atoms with E-state index in [0.717, 1.165) is 4.70 Å². The highest BCUT2D eigenvalue weighted by molar-refractivity contribution is 7.21. The zero-order chi connectivity index (χ0) is 15.0. The van der Waals surface area contributed by atoms with E-state index in [4.69, 9.17) is 16.3 Å². The Labute approximate surface area is 129 Å². The molecule has 1 aromatic heterocycles. The van der Waals surface area contributed by atoms with E-state index < -0.39 is 11.8 Å². The molecule has 0 N–H and O–H groups in total. The number of hydrogen-bond acceptors (Lipinski definition) is 4. The van der Waals surface area contributed by atoms with Gasteiger partial charge in [0.25, 0.3) is 0 Å². The number of esters is 1. The SMILES string of the molecule is CC(=O)Oc1cccc(F)c1-c1nc2cc(Cl)ccc2s1. The van der Waals surface area contributed by atoms with Crippen molar-refractivity contribution in [3.8, 4) is 16.3 Å². The number of ether oxygens (including phenoxy) is 1. The van der Waals surface area contributed by atoms with Gasteiger partial charge >= 0.3 is 5.97 Å². The summed E-state index contributed by atoms with van der Waals surface area (Å²) in [5.41, 5.74) is 0.865. The maximum absolute atomic E-state index is 14.1. The fraction of sp³-hybridized carbons (Fsp3) is 0.0667. The van der Waals surface area contributed by atoms with Crippen LogP contribution in [-0.4, -0.2) is 11.0 Å². The summed E-state index contributed by atoms with van der Waals surface area (Å²) in [6.07, 6.45) is 0. The Balaban J connectivity index is 2.19. The first-order valence-corrected chi connectivity index (χ1v) is 7.27. The van der Waals surface area contributed by atoms with Gasteiger partial charge in [-0.25, -0.2) is 9.37 Å². The first-order chi connectivity index (χ1) is 10.0. The Morgan fingerprint density at radius 1 is 1.33 bits per heavy atom. The van der Waals surface area contributed by atoms with Crippen LogP contribution in [0.4, 0.5) is 4.39 Å². The maximum atomic E-state index is 14.1. The van der Waals surface area contributed by atoms with Gasteiger partial charge in [-0.05, 0) is 30.3 Å². The van der Waals surface area contributed by atoms with Gasteiger partial charge in [-0.3, -0.25) is 4.79 Å². The normalized spacial score (nSPS) is 10.8. The van der Waals surface area contributed by atoms with E-state index in [1.54, 1.807) is 18.2 Å². The van der Waals surface area contributed by atoms with Gasteiger partial charge < -0.3 is 4.74 Å². The second-order valence-corrected chi connectivity index (χ2v) is 5.80. The van der Waals surface area contributed by atoms with E-state index in [1.165, 1.54) is 30.4 Å². The van der Waals surface area contributed by atoms with Gasteiger partial charge in [-0.2, -0.15) is 0 Å². The number of fused-ring (bicyclic) bond motifs is 1. The Hall–Kier alpha value is -1.98. The molecule has 6 heteroatoms. The van der Waals surface area contributed by atoms with Crippen molar-refractivity contribution in [2.45, 2.75) is 6.92 Å². The fourth-order valence-corrected chi connectivity index (χ4v) is 3.12. The molecule has 0 aliphatic rings. The first-order valence-electron chi connectivity index (χ1n) is 6.08. The maximum Gasteiger partial charge on any atom is 0.308 e. The van der Waals surface area contributed by atoms with Gasteiger partial charge in [0.15, 0.2) is 0 Å². The second kappa shape index (κ2) is 5.42. The van der Waals surface area contributed by atoms with Crippen LogP contribution in [0.25, 0.3) is 20.8 Å². The molecule has 0 fully saturated rings. The van der Waals surface area contributed by atoms with Crippen LogP contribution in [0.2, 0.25) is 5.02 Å². The molecule has 0 aliphatic carbocycles. The molecule has 2 aromatic carbocycles. The van der Waals surface area contributed by atoms with Crippen LogP contribution in [-0.2, 0) is 4.79 Å². The van der Waals surface area contributed by atoms with Crippen LogP contribution >= 0.6 is 22.9 Å². The number of aromatic nitrogens is 1. The van der Waals surface area contributed by atoms with Crippen molar-refractivity contribution in [3.63, 3.8) is 0 Å². The lowest BCUT2D eigenvalue weighted by Crippen LogP contribution is -2.03. The summed E-state index contributed by atoms with van der Waals surface area (Å²) in [6, 6.07) is 9.62. The quantitative estimate of drug-likeness (QED) is 0.508. The minimum atomic E-state index is -0.508. The summed E-state index contributed by atoms with van der Waals surface area (Å²) >= 11 is 7.24. The molecule has 0 bridgehead atoms. The lowest BCUT2D eigenvalue weighted by molar-refractivity contribution is -0.131. The summed E-state index contributed by atoms with van der Waals surface area (Å²) in [6.45, 7) is 1.27. The Morgan fingerprint density at radius 2 is 2.14 bits per heavy atom. The van der Waals surface area contributed by atoms with E-state index >= 15 is 0 Å². The molecule has 0 saturated carbocycles. The molecular formula is C15H9ClFNO2S. The van der Waals surface area contributed by atoms with Crippen LogP contribution < -0.4 is 4.74 Å². The largest absolute Gasteiger partial charge is 0.426 e. The molecule has 106 valence electrons. The minimum Gasteiger partial charge on any atom is -0.426 e.